The van der Waals surface area contributed by atoms with Crippen molar-refractivity contribution in [2.24, 2.45) is 0 Å². The first-order chi connectivity index (χ1) is 5.45. The SMILES string of the molecule is C=CC(F)(F)C(F)C(F)CCF. The van der Waals surface area contributed by atoms with Gasteiger partial charge in [0.2, 0.25) is 0 Å². The predicted octanol–water partition coefficient (Wildman–Crippen LogP) is 2.84. The molecule has 0 aliphatic heterocycles. The number of hydrogen-bond donors (Lipinski definition) is 0. The van der Waals surface area contributed by atoms with Gasteiger partial charge >= 0.3 is 0 Å². The molecule has 0 aliphatic carbocycles. The second kappa shape index (κ2) is 4.42. The summed E-state index contributed by atoms with van der Waals surface area (Å²) in [7, 11) is 0. The smallest absolute Gasteiger partial charge is 0.251 e. The molecule has 0 spiro atoms. The third kappa shape index (κ3) is 2.79. The Hall–Kier alpha value is -0.610. The summed E-state index contributed by atoms with van der Waals surface area (Å²) in [5.74, 6) is -3.92. The first-order valence-corrected chi connectivity index (χ1v) is 3.31. The molecular weight excluding hydrogens is 179 g/mol. The molecule has 0 aromatic heterocycles. The maximum atomic E-state index is 12.4. The lowest BCUT2D eigenvalue weighted by Gasteiger charge is -2.19. The van der Waals surface area contributed by atoms with Crippen LogP contribution < -0.4 is 0 Å². The average molecular weight is 188 g/mol. The number of hydrogen-bond acceptors (Lipinski definition) is 0. The second-order valence-corrected chi connectivity index (χ2v) is 2.27. The van der Waals surface area contributed by atoms with Gasteiger partial charge in [-0.25, -0.2) is 8.78 Å². The molecule has 0 aromatic rings. The zero-order valence-corrected chi connectivity index (χ0v) is 6.24. The monoisotopic (exact) mass is 188 g/mol. The molecule has 0 heterocycles. The molecule has 0 amide bonds. The van der Waals surface area contributed by atoms with Gasteiger partial charge < -0.3 is 0 Å². The molecule has 0 nitrogen and oxygen atoms in total. The molecule has 0 bridgehead atoms. The van der Waals surface area contributed by atoms with E-state index in [0.717, 1.165) is 0 Å². The maximum absolute atomic E-state index is 12.4. The minimum Gasteiger partial charge on any atom is -0.251 e. The Morgan fingerprint density at radius 3 is 2.17 bits per heavy atom. The van der Waals surface area contributed by atoms with E-state index in [1.807, 2.05) is 0 Å². The van der Waals surface area contributed by atoms with Crippen molar-refractivity contribution in [3.05, 3.63) is 12.7 Å². The molecule has 0 N–H and O–H groups in total. The van der Waals surface area contributed by atoms with Crippen molar-refractivity contribution >= 4 is 0 Å². The van der Waals surface area contributed by atoms with Gasteiger partial charge in [0.1, 0.15) is 6.17 Å². The van der Waals surface area contributed by atoms with Crippen molar-refractivity contribution in [2.75, 3.05) is 6.67 Å². The molecule has 72 valence electrons. The number of allylic oxidation sites excluding steroid dienone is 1. The van der Waals surface area contributed by atoms with Crippen molar-refractivity contribution in [2.45, 2.75) is 24.7 Å². The molecule has 0 saturated carbocycles. The molecule has 0 saturated heterocycles. The fourth-order valence-electron chi connectivity index (χ4n) is 0.604. The Morgan fingerprint density at radius 1 is 1.33 bits per heavy atom. The standard InChI is InChI=1S/C7H9F5/c1-2-7(11,12)6(10)5(9)3-4-8/h2,5-6H,1,3-4H2. The van der Waals surface area contributed by atoms with Crippen molar-refractivity contribution in [3.63, 3.8) is 0 Å². The lowest BCUT2D eigenvalue weighted by Crippen LogP contribution is -2.35. The zero-order chi connectivity index (χ0) is 9.78. The van der Waals surface area contributed by atoms with E-state index >= 15 is 0 Å². The van der Waals surface area contributed by atoms with Crippen LogP contribution in [0.2, 0.25) is 0 Å². The van der Waals surface area contributed by atoms with E-state index in [4.69, 9.17) is 0 Å². The molecular formula is C7H9F5. The highest BCUT2D eigenvalue weighted by Crippen LogP contribution is 2.27. The fraction of sp³-hybridized carbons (Fsp3) is 0.714. The number of halogens is 5. The van der Waals surface area contributed by atoms with Crippen LogP contribution in [-0.4, -0.2) is 24.9 Å². The van der Waals surface area contributed by atoms with E-state index in [-0.39, 0.29) is 6.08 Å². The van der Waals surface area contributed by atoms with Gasteiger partial charge in [0.15, 0.2) is 6.17 Å². The van der Waals surface area contributed by atoms with E-state index in [0.29, 0.717) is 0 Å². The zero-order valence-electron chi connectivity index (χ0n) is 6.24. The highest BCUT2D eigenvalue weighted by atomic mass is 19.3. The van der Waals surface area contributed by atoms with Gasteiger partial charge in [0.05, 0.1) is 6.67 Å². The lowest BCUT2D eigenvalue weighted by atomic mass is 10.1. The van der Waals surface area contributed by atoms with Crippen LogP contribution in [0.15, 0.2) is 12.7 Å². The minimum absolute atomic E-state index is 0.0163. The summed E-state index contributed by atoms with van der Waals surface area (Å²) in [6.45, 7) is 1.49. The van der Waals surface area contributed by atoms with Crippen molar-refractivity contribution in [3.8, 4) is 0 Å². The van der Waals surface area contributed by atoms with Crippen molar-refractivity contribution in [1.82, 2.24) is 0 Å². The maximum Gasteiger partial charge on any atom is 0.299 e. The molecule has 2 unspecified atom stereocenters. The van der Waals surface area contributed by atoms with Crippen molar-refractivity contribution < 1.29 is 22.0 Å². The Balaban J connectivity index is 4.16. The van der Waals surface area contributed by atoms with E-state index in [1.165, 1.54) is 0 Å². The highest BCUT2D eigenvalue weighted by Gasteiger charge is 2.42. The topological polar surface area (TPSA) is 0 Å². The molecule has 0 aliphatic rings. The Kier molecular flexibility index (Phi) is 4.20. The molecule has 12 heavy (non-hydrogen) atoms. The highest BCUT2D eigenvalue weighted by molar-refractivity contribution is 4.96. The second-order valence-electron chi connectivity index (χ2n) is 2.27. The minimum atomic E-state index is -3.92. The van der Waals surface area contributed by atoms with Crippen LogP contribution in [0.5, 0.6) is 0 Å². The molecule has 0 fully saturated rings. The van der Waals surface area contributed by atoms with E-state index in [2.05, 4.69) is 6.58 Å². The van der Waals surface area contributed by atoms with Gasteiger partial charge in [0, 0.05) is 6.42 Å². The summed E-state index contributed by atoms with van der Waals surface area (Å²) in [6.07, 6.45) is -6.33. The van der Waals surface area contributed by atoms with Crippen molar-refractivity contribution in [1.29, 1.82) is 0 Å². The van der Waals surface area contributed by atoms with Gasteiger partial charge in [-0.1, -0.05) is 6.58 Å². The van der Waals surface area contributed by atoms with Gasteiger partial charge in [-0.3, -0.25) is 4.39 Å². The summed E-state index contributed by atoms with van der Waals surface area (Å²) in [4.78, 5) is 0. The van der Waals surface area contributed by atoms with Gasteiger partial charge in [-0.05, 0) is 6.08 Å². The Bertz CT molecular complexity index is 145. The molecule has 0 rings (SSSR count). The predicted molar refractivity (Wildman–Crippen MR) is 35.5 cm³/mol. The fourth-order valence-corrected chi connectivity index (χ4v) is 0.604. The first-order valence-electron chi connectivity index (χ1n) is 3.31. The largest absolute Gasteiger partial charge is 0.299 e. The summed E-state index contributed by atoms with van der Waals surface area (Å²) in [6, 6.07) is 0. The van der Waals surface area contributed by atoms with Crippen LogP contribution in [0.1, 0.15) is 6.42 Å². The third-order valence-electron chi connectivity index (χ3n) is 1.34. The van der Waals surface area contributed by atoms with Crippen LogP contribution in [0, 0.1) is 0 Å². The van der Waals surface area contributed by atoms with Crippen LogP contribution in [0.3, 0.4) is 0 Å². The van der Waals surface area contributed by atoms with Crippen LogP contribution >= 0.6 is 0 Å². The van der Waals surface area contributed by atoms with E-state index < -0.39 is 31.4 Å². The van der Waals surface area contributed by atoms with E-state index in [9.17, 15) is 22.0 Å². The Morgan fingerprint density at radius 2 is 1.83 bits per heavy atom. The van der Waals surface area contributed by atoms with Crippen LogP contribution in [0.4, 0.5) is 22.0 Å². The Labute approximate surface area is 67.1 Å². The quantitative estimate of drug-likeness (QED) is 0.459. The first kappa shape index (κ1) is 11.4. The van der Waals surface area contributed by atoms with Crippen LogP contribution in [-0.2, 0) is 0 Å². The average Bonchev–Trinajstić information content (AvgIpc) is 2.03. The summed E-state index contributed by atoms with van der Waals surface area (Å²) in [5, 5.41) is 0. The summed E-state index contributed by atoms with van der Waals surface area (Å²) in [5.41, 5.74) is 0. The lowest BCUT2D eigenvalue weighted by molar-refractivity contribution is -0.0625. The summed E-state index contributed by atoms with van der Waals surface area (Å²) >= 11 is 0. The number of rotatable bonds is 5. The van der Waals surface area contributed by atoms with Gasteiger partial charge in [-0.15, -0.1) is 0 Å². The van der Waals surface area contributed by atoms with E-state index in [1.54, 1.807) is 0 Å². The molecule has 0 radical (unpaired) electrons. The molecule has 0 aromatic carbocycles. The third-order valence-corrected chi connectivity index (χ3v) is 1.34. The normalized spacial score (nSPS) is 17.1. The van der Waals surface area contributed by atoms with Gasteiger partial charge in [-0.2, -0.15) is 8.78 Å². The molecule has 2 atom stereocenters. The summed E-state index contributed by atoms with van der Waals surface area (Å²) < 4.78 is 60.7. The van der Waals surface area contributed by atoms with Gasteiger partial charge in [0.25, 0.3) is 5.92 Å². The van der Waals surface area contributed by atoms with Crippen LogP contribution in [0.25, 0.3) is 0 Å². The molecule has 5 heteroatoms. The number of alkyl halides is 5.